The summed E-state index contributed by atoms with van der Waals surface area (Å²) < 4.78 is 4.97. The summed E-state index contributed by atoms with van der Waals surface area (Å²) in [4.78, 5) is 15.7. The fourth-order valence-electron chi connectivity index (χ4n) is 9.44. The molecule has 13 rings (SSSR count). The zero-order valence-electron chi connectivity index (χ0n) is 34.5. The van der Waals surface area contributed by atoms with E-state index in [1.165, 1.54) is 63.6 Å². The Hall–Kier alpha value is -8.25. The van der Waals surface area contributed by atoms with Crippen molar-refractivity contribution in [2.45, 2.75) is 0 Å². The van der Waals surface area contributed by atoms with Crippen molar-refractivity contribution < 1.29 is 0 Å². The van der Waals surface area contributed by atoms with Crippen LogP contribution in [-0.2, 0) is 0 Å². The van der Waals surface area contributed by atoms with Crippen LogP contribution in [0.1, 0.15) is 0 Å². The van der Waals surface area contributed by atoms with Crippen molar-refractivity contribution in [2.75, 3.05) is 0 Å². The Balaban J connectivity index is 1.06. The lowest BCUT2D eigenvalue weighted by Crippen LogP contribution is -2.02. The SMILES string of the molecule is c1ccc(-c2ccc(-c3cc(-c4nc(-c5ccccc5)nc(-c5ccc6sc7ccccc7c6c5)n4)ccc3-n3c4cc5ccccc5cc4c4cc5ccccc5cc43)cc2)cc1. The first-order valence-electron chi connectivity index (χ1n) is 21.6. The second kappa shape index (κ2) is 14.7. The minimum atomic E-state index is 0.618. The van der Waals surface area contributed by atoms with Gasteiger partial charge in [-0.2, -0.15) is 0 Å². The van der Waals surface area contributed by atoms with Gasteiger partial charge in [0.2, 0.25) is 0 Å². The molecule has 0 saturated carbocycles. The van der Waals surface area contributed by atoms with Crippen LogP contribution < -0.4 is 0 Å². The summed E-state index contributed by atoms with van der Waals surface area (Å²) >= 11 is 1.81. The molecule has 0 aliphatic heterocycles. The van der Waals surface area contributed by atoms with E-state index in [1.54, 1.807) is 0 Å². The average molecular weight is 833 g/mol. The van der Waals surface area contributed by atoms with Gasteiger partial charge in [0.05, 0.1) is 16.7 Å². The maximum absolute atomic E-state index is 5.29. The zero-order valence-corrected chi connectivity index (χ0v) is 35.3. The van der Waals surface area contributed by atoms with Crippen molar-refractivity contribution >= 4 is 74.9 Å². The van der Waals surface area contributed by atoms with E-state index in [9.17, 15) is 0 Å². The lowest BCUT2D eigenvalue weighted by atomic mass is 9.97. The number of hydrogen-bond donors (Lipinski definition) is 0. The van der Waals surface area contributed by atoms with E-state index in [0.717, 1.165) is 44.5 Å². The lowest BCUT2D eigenvalue weighted by Gasteiger charge is -2.17. The molecule has 0 bridgehead atoms. The largest absolute Gasteiger partial charge is 0.309 e. The predicted molar refractivity (Wildman–Crippen MR) is 269 cm³/mol. The van der Waals surface area contributed by atoms with Crippen molar-refractivity contribution in [1.29, 1.82) is 0 Å². The Morgan fingerprint density at radius 2 is 0.750 bits per heavy atom. The van der Waals surface area contributed by atoms with Gasteiger partial charge in [-0.05, 0) is 105 Å². The Kier molecular flexibility index (Phi) is 8.36. The molecule has 3 heterocycles. The smallest absolute Gasteiger partial charge is 0.164 e. The van der Waals surface area contributed by atoms with E-state index in [0.29, 0.717) is 17.5 Å². The first-order valence-corrected chi connectivity index (χ1v) is 22.4. The molecule has 298 valence electrons. The molecule has 13 aromatic rings. The van der Waals surface area contributed by atoms with Crippen LogP contribution in [0.5, 0.6) is 0 Å². The molecule has 0 spiro atoms. The molecule has 0 N–H and O–H groups in total. The molecule has 0 aliphatic rings. The van der Waals surface area contributed by atoms with E-state index in [-0.39, 0.29) is 0 Å². The summed E-state index contributed by atoms with van der Waals surface area (Å²) in [5.41, 5.74) is 10.7. The van der Waals surface area contributed by atoms with Crippen molar-refractivity contribution in [3.05, 3.63) is 218 Å². The lowest BCUT2D eigenvalue weighted by molar-refractivity contribution is 1.07. The number of fused-ring (bicyclic) bond motifs is 8. The quantitative estimate of drug-likeness (QED) is 0.168. The van der Waals surface area contributed by atoms with Crippen molar-refractivity contribution in [3.63, 3.8) is 0 Å². The van der Waals surface area contributed by atoms with Crippen molar-refractivity contribution in [1.82, 2.24) is 19.5 Å². The molecule has 10 aromatic carbocycles. The number of benzene rings is 10. The van der Waals surface area contributed by atoms with Gasteiger partial charge in [-0.1, -0.05) is 152 Å². The van der Waals surface area contributed by atoms with E-state index < -0.39 is 0 Å². The van der Waals surface area contributed by atoms with Crippen molar-refractivity contribution in [2.24, 2.45) is 0 Å². The molecule has 4 nitrogen and oxygen atoms in total. The summed E-state index contributed by atoms with van der Waals surface area (Å²) in [6.45, 7) is 0. The number of nitrogens with zero attached hydrogens (tertiary/aromatic N) is 4. The third-order valence-corrected chi connectivity index (χ3v) is 13.8. The first kappa shape index (κ1) is 36.4. The predicted octanol–water partition coefficient (Wildman–Crippen LogP) is 16.0. The molecule has 0 amide bonds. The Morgan fingerprint density at radius 1 is 0.297 bits per heavy atom. The average Bonchev–Trinajstić information content (AvgIpc) is 3.89. The molecular formula is C59H36N4S. The van der Waals surface area contributed by atoms with Crippen LogP contribution in [0.25, 0.3) is 126 Å². The van der Waals surface area contributed by atoms with Crippen LogP contribution >= 0.6 is 11.3 Å². The number of hydrogen-bond acceptors (Lipinski definition) is 4. The van der Waals surface area contributed by atoms with Gasteiger partial charge >= 0.3 is 0 Å². The molecule has 0 fully saturated rings. The summed E-state index contributed by atoms with van der Waals surface area (Å²) in [5.74, 6) is 1.89. The normalized spacial score (nSPS) is 11.8. The molecule has 3 aromatic heterocycles. The highest BCUT2D eigenvalue weighted by atomic mass is 32.1. The highest BCUT2D eigenvalue weighted by Crippen LogP contribution is 2.42. The Morgan fingerprint density at radius 3 is 1.39 bits per heavy atom. The molecule has 0 atom stereocenters. The molecule has 0 radical (unpaired) electrons. The summed E-state index contributed by atoms with van der Waals surface area (Å²) in [7, 11) is 0. The van der Waals surface area contributed by atoms with Gasteiger partial charge in [0.25, 0.3) is 0 Å². The highest BCUT2D eigenvalue weighted by molar-refractivity contribution is 7.25. The molecular weight excluding hydrogens is 797 g/mol. The standard InChI is InChI=1S/C59H36N4S/c1-3-13-37(14-4-1)38-23-25-39(26-24-38)48-33-45(27-29-52(48)63-53-35-43-19-9-7-17-41(43)31-49(53)50-32-42-18-8-10-20-44(42)36-54(50)63)58-60-57(40-15-5-2-6-16-40)61-59(62-58)46-28-30-56-51(34-46)47-21-11-12-22-55(47)64-56/h1-36H. The second-order valence-corrected chi connectivity index (χ2v) is 17.5. The van der Waals surface area contributed by atoms with E-state index in [1.807, 2.05) is 29.5 Å². The first-order chi connectivity index (χ1) is 31.7. The van der Waals surface area contributed by atoms with Gasteiger partial charge in [-0.25, -0.2) is 15.0 Å². The fourth-order valence-corrected chi connectivity index (χ4v) is 10.5. The minimum absolute atomic E-state index is 0.618. The van der Waals surface area contributed by atoms with E-state index in [2.05, 4.69) is 205 Å². The van der Waals surface area contributed by atoms with Crippen molar-refractivity contribution in [3.8, 4) is 62.1 Å². The van der Waals surface area contributed by atoms with Crippen LogP contribution in [-0.4, -0.2) is 19.5 Å². The topological polar surface area (TPSA) is 43.6 Å². The van der Waals surface area contributed by atoms with Crippen LogP contribution in [0.4, 0.5) is 0 Å². The van der Waals surface area contributed by atoms with Gasteiger partial charge in [0.15, 0.2) is 17.5 Å². The minimum Gasteiger partial charge on any atom is -0.309 e. The molecule has 0 saturated heterocycles. The Bertz CT molecular complexity index is 3850. The van der Waals surface area contributed by atoms with Gasteiger partial charge < -0.3 is 4.57 Å². The maximum atomic E-state index is 5.29. The highest BCUT2D eigenvalue weighted by Gasteiger charge is 2.21. The van der Waals surface area contributed by atoms with E-state index in [4.69, 9.17) is 15.0 Å². The molecule has 64 heavy (non-hydrogen) atoms. The van der Waals surface area contributed by atoms with Gasteiger partial charge in [-0.15, -0.1) is 11.3 Å². The summed E-state index contributed by atoms with van der Waals surface area (Å²) in [5, 5.41) is 9.74. The van der Waals surface area contributed by atoms with Gasteiger partial charge in [0.1, 0.15) is 0 Å². The molecule has 0 unspecified atom stereocenters. The molecule has 5 heteroatoms. The third-order valence-electron chi connectivity index (χ3n) is 12.6. The van der Waals surface area contributed by atoms with Crippen LogP contribution in [0.15, 0.2) is 218 Å². The Labute approximate surface area is 373 Å². The maximum Gasteiger partial charge on any atom is 0.164 e. The second-order valence-electron chi connectivity index (χ2n) is 16.4. The molecule has 0 aliphatic carbocycles. The number of rotatable bonds is 6. The summed E-state index contributed by atoms with van der Waals surface area (Å²) in [6, 6.07) is 78.4. The van der Waals surface area contributed by atoms with Crippen LogP contribution in [0.3, 0.4) is 0 Å². The number of aromatic nitrogens is 4. The van der Waals surface area contributed by atoms with Crippen LogP contribution in [0.2, 0.25) is 0 Å². The third kappa shape index (κ3) is 6.09. The van der Waals surface area contributed by atoms with Gasteiger partial charge in [-0.3, -0.25) is 0 Å². The van der Waals surface area contributed by atoms with Crippen LogP contribution in [0, 0.1) is 0 Å². The van der Waals surface area contributed by atoms with E-state index >= 15 is 0 Å². The summed E-state index contributed by atoms with van der Waals surface area (Å²) in [6.07, 6.45) is 0. The monoisotopic (exact) mass is 832 g/mol. The zero-order chi connectivity index (χ0) is 42.1. The number of thiophene rings is 1. The fraction of sp³-hybridized carbons (Fsp3) is 0. The van der Waals surface area contributed by atoms with Gasteiger partial charge in [0, 0.05) is 53.2 Å².